The number of carbonyl (C=O) groups excluding carboxylic acids is 1. The van der Waals surface area contributed by atoms with E-state index in [-0.39, 0.29) is 5.91 Å². The SMILES string of the molecule is C#CCN(CC1CC1)C(=O)c1cc(N)ccc1Cl. The topological polar surface area (TPSA) is 46.3 Å². The molecular weight excluding hydrogens is 248 g/mol. The molecule has 0 radical (unpaired) electrons. The molecule has 1 aliphatic rings. The third-order valence-electron chi connectivity index (χ3n) is 2.97. The van der Waals surface area contributed by atoms with Crippen LogP contribution in [0.1, 0.15) is 23.2 Å². The van der Waals surface area contributed by atoms with E-state index in [9.17, 15) is 4.79 Å². The number of nitrogens with zero attached hydrogens (tertiary/aromatic N) is 1. The number of terminal acetylenes is 1. The van der Waals surface area contributed by atoms with Gasteiger partial charge < -0.3 is 10.6 Å². The molecule has 1 aromatic rings. The fourth-order valence-electron chi connectivity index (χ4n) is 1.82. The molecule has 0 saturated heterocycles. The Hall–Kier alpha value is -1.66. The van der Waals surface area contributed by atoms with Gasteiger partial charge in [-0.1, -0.05) is 17.5 Å². The monoisotopic (exact) mass is 262 g/mol. The van der Waals surface area contributed by atoms with Crippen molar-refractivity contribution in [3.05, 3.63) is 28.8 Å². The molecule has 0 aromatic heterocycles. The third kappa shape index (κ3) is 2.96. The fourth-order valence-corrected chi connectivity index (χ4v) is 2.02. The normalized spacial score (nSPS) is 14.0. The molecule has 2 rings (SSSR count). The molecule has 1 amide bonds. The summed E-state index contributed by atoms with van der Waals surface area (Å²) in [5, 5.41) is 0.409. The Morgan fingerprint density at radius 1 is 1.56 bits per heavy atom. The highest BCUT2D eigenvalue weighted by atomic mass is 35.5. The molecule has 94 valence electrons. The van der Waals surface area contributed by atoms with Gasteiger partial charge in [0.05, 0.1) is 17.1 Å². The lowest BCUT2D eigenvalue weighted by Gasteiger charge is -2.20. The van der Waals surface area contributed by atoms with Gasteiger partial charge in [0, 0.05) is 12.2 Å². The van der Waals surface area contributed by atoms with Crippen LogP contribution < -0.4 is 5.73 Å². The maximum atomic E-state index is 12.4. The summed E-state index contributed by atoms with van der Waals surface area (Å²) >= 11 is 6.03. The zero-order valence-corrected chi connectivity index (χ0v) is 10.8. The van der Waals surface area contributed by atoms with Crippen molar-refractivity contribution in [2.75, 3.05) is 18.8 Å². The predicted octanol–water partition coefficient (Wildman–Crippen LogP) is 2.41. The van der Waals surface area contributed by atoms with Gasteiger partial charge >= 0.3 is 0 Å². The van der Waals surface area contributed by atoms with Crippen molar-refractivity contribution in [3.63, 3.8) is 0 Å². The van der Waals surface area contributed by atoms with Crippen LogP contribution in [-0.4, -0.2) is 23.9 Å². The van der Waals surface area contributed by atoms with Crippen LogP contribution in [0.4, 0.5) is 5.69 Å². The van der Waals surface area contributed by atoms with Crippen LogP contribution in [0.5, 0.6) is 0 Å². The Balaban J connectivity index is 2.20. The maximum absolute atomic E-state index is 12.4. The van der Waals surface area contributed by atoms with Gasteiger partial charge in [-0.15, -0.1) is 6.42 Å². The van der Waals surface area contributed by atoms with E-state index in [0.29, 0.717) is 35.3 Å². The lowest BCUT2D eigenvalue weighted by molar-refractivity contribution is 0.0770. The first-order chi connectivity index (χ1) is 8.61. The van der Waals surface area contributed by atoms with Crippen LogP contribution in [0, 0.1) is 18.3 Å². The second kappa shape index (κ2) is 5.32. The van der Waals surface area contributed by atoms with Crippen LogP contribution in [0.25, 0.3) is 0 Å². The number of anilines is 1. The van der Waals surface area contributed by atoms with E-state index in [2.05, 4.69) is 5.92 Å². The maximum Gasteiger partial charge on any atom is 0.256 e. The second-order valence-corrected chi connectivity index (χ2v) is 4.98. The number of rotatable bonds is 4. The van der Waals surface area contributed by atoms with E-state index in [1.165, 1.54) is 12.8 Å². The lowest BCUT2D eigenvalue weighted by atomic mass is 10.1. The molecular formula is C14H15ClN2O. The summed E-state index contributed by atoms with van der Waals surface area (Å²) in [6.07, 6.45) is 7.64. The summed E-state index contributed by atoms with van der Waals surface area (Å²) in [4.78, 5) is 14.0. The average Bonchev–Trinajstić information content (AvgIpc) is 3.15. The molecule has 1 fully saturated rings. The largest absolute Gasteiger partial charge is 0.399 e. The highest BCUT2D eigenvalue weighted by molar-refractivity contribution is 6.34. The van der Waals surface area contributed by atoms with Crippen molar-refractivity contribution < 1.29 is 4.79 Å². The minimum absolute atomic E-state index is 0.142. The summed E-state index contributed by atoms with van der Waals surface area (Å²) in [5.41, 5.74) is 6.63. The minimum Gasteiger partial charge on any atom is -0.399 e. The molecule has 0 atom stereocenters. The van der Waals surface area contributed by atoms with Gasteiger partial charge in [0.1, 0.15) is 0 Å². The molecule has 18 heavy (non-hydrogen) atoms. The molecule has 0 spiro atoms. The Morgan fingerprint density at radius 3 is 2.89 bits per heavy atom. The van der Waals surface area contributed by atoms with Crippen LogP contribution in [0.15, 0.2) is 18.2 Å². The number of nitrogen functional groups attached to an aromatic ring is 1. The van der Waals surface area contributed by atoms with E-state index >= 15 is 0 Å². The van der Waals surface area contributed by atoms with Gasteiger partial charge in [0.2, 0.25) is 0 Å². The predicted molar refractivity (Wildman–Crippen MR) is 73.3 cm³/mol. The molecule has 0 heterocycles. The van der Waals surface area contributed by atoms with Crippen LogP contribution in [0.3, 0.4) is 0 Å². The fraction of sp³-hybridized carbons (Fsp3) is 0.357. The third-order valence-corrected chi connectivity index (χ3v) is 3.30. The molecule has 1 aliphatic carbocycles. The number of halogens is 1. The van der Waals surface area contributed by atoms with Crippen LogP contribution in [0.2, 0.25) is 5.02 Å². The van der Waals surface area contributed by atoms with Crippen molar-refractivity contribution in [3.8, 4) is 12.3 Å². The van der Waals surface area contributed by atoms with E-state index in [1.54, 1.807) is 23.1 Å². The Morgan fingerprint density at radius 2 is 2.28 bits per heavy atom. The van der Waals surface area contributed by atoms with Crippen molar-refractivity contribution in [1.82, 2.24) is 4.90 Å². The van der Waals surface area contributed by atoms with Gasteiger partial charge in [0.15, 0.2) is 0 Å². The number of amides is 1. The van der Waals surface area contributed by atoms with Crippen molar-refractivity contribution in [1.29, 1.82) is 0 Å². The van der Waals surface area contributed by atoms with E-state index in [4.69, 9.17) is 23.8 Å². The lowest BCUT2D eigenvalue weighted by Crippen LogP contribution is -2.33. The number of carbonyl (C=O) groups is 1. The quantitative estimate of drug-likeness (QED) is 0.669. The molecule has 1 saturated carbocycles. The van der Waals surface area contributed by atoms with Crippen molar-refractivity contribution in [2.24, 2.45) is 5.92 Å². The van der Waals surface area contributed by atoms with Crippen molar-refractivity contribution >= 4 is 23.2 Å². The van der Waals surface area contributed by atoms with Gasteiger partial charge in [-0.3, -0.25) is 4.79 Å². The van der Waals surface area contributed by atoms with Crippen molar-refractivity contribution in [2.45, 2.75) is 12.8 Å². The molecule has 4 heteroatoms. The molecule has 0 aliphatic heterocycles. The highest BCUT2D eigenvalue weighted by Gasteiger charge is 2.27. The molecule has 1 aromatic carbocycles. The summed E-state index contributed by atoms with van der Waals surface area (Å²) in [7, 11) is 0. The van der Waals surface area contributed by atoms with Gasteiger partial charge in [-0.05, 0) is 37.0 Å². The first-order valence-electron chi connectivity index (χ1n) is 5.89. The van der Waals surface area contributed by atoms with Gasteiger partial charge in [0.25, 0.3) is 5.91 Å². The Bertz CT molecular complexity index is 503. The number of benzene rings is 1. The van der Waals surface area contributed by atoms with E-state index in [1.807, 2.05) is 0 Å². The number of nitrogens with two attached hydrogens (primary N) is 1. The summed E-state index contributed by atoms with van der Waals surface area (Å²) in [6.45, 7) is 1.01. The Labute approximate surface area is 112 Å². The highest BCUT2D eigenvalue weighted by Crippen LogP contribution is 2.30. The molecule has 0 unspecified atom stereocenters. The average molecular weight is 263 g/mol. The zero-order chi connectivity index (χ0) is 13.1. The van der Waals surface area contributed by atoms with E-state index in [0.717, 1.165) is 0 Å². The first-order valence-corrected chi connectivity index (χ1v) is 6.27. The van der Waals surface area contributed by atoms with Crippen LogP contribution in [-0.2, 0) is 0 Å². The molecule has 2 N–H and O–H groups in total. The van der Waals surface area contributed by atoms with E-state index < -0.39 is 0 Å². The summed E-state index contributed by atoms with van der Waals surface area (Å²) in [6, 6.07) is 4.90. The second-order valence-electron chi connectivity index (χ2n) is 4.57. The summed E-state index contributed by atoms with van der Waals surface area (Å²) in [5.74, 6) is 2.96. The van der Waals surface area contributed by atoms with Gasteiger partial charge in [-0.25, -0.2) is 0 Å². The standard InChI is InChI=1S/C14H15ClN2O/c1-2-7-17(9-10-3-4-10)14(18)12-8-11(16)5-6-13(12)15/h1,5-6,8,10H,3-4,7,9,16H2. The molecule has 3 nitrogen and oxygen atoms in total. The minimum atomic E-state index is -0.142. The first kappa shape index (κ1) is 12.8. The smallest absolute Gasteiger partial charge is 0.256 e. The van der Waals surface area contributed by atoms with Gasteiger partial charge in [-0.2, -0.15) is 0 Å². The summed E-state index contributed by atoms with van der Waals surface area (Å²) < 4.78 is 0. The number of hydrogen-bond donors (Lipinski definition) is 1. The molecule has 0 bridgehead atoms. The zero-order valence-electron chi connectivity index (χ0n) is 10.0. The Kier molecular flexibility index (Phi) is 3.78. The van der Waals surface area contributed by atoms with Crippen LogP contribution >= 0.6 is 11.6 Å². The number of hydrogen-bond acceptors (Lipinski definition) is 2.